The molecule has 8 heteroatoms. The number of carbonyl (C=O) groups is 2. The van der Waals surface area contributed by atoms with Gasteiger partial charge < -0.3 is 15.5 Å². The number of hydrogen-bond donors (Lipinski definition) is 2. The molecule has 2 aromatic heterocycles. The third-order valence-corrected chi connectivity index (χ3v) is 6.88. The van der Waals surface area contributed by atoms with Gasteiger partial charge in [-0.05, 0) is 29.7 Å². The van der Waals surface area contributed by atoms with Crippen LogP contribution in [0.4, 0.5) is 5.00 Å². The van der Waals surface area contributed by atoms with Gasteiger partial charge in [-0.15, -0.1) is 11.3 Å². The van der Waals surface area contributed by atoms with Gasteiger partial charge in [0.15, 0.2) is 0 Å². The number of benzene rings is 2. The number of carbonyl (C=O) groups excluding carboxylic acids is 2. The number of hydrogen-bond acceptors (Lipinski definition) is 6. The molecule has 3 N–H and O–H groups in total. The summed E-state index contributed by atoms with van der Waals surface area (Å²) in [6, 6.07) is 18.6. The van der Waals surface area contributed by atoms with Crippen molar-refractivity contribution in [1.29, 1.82) is 0 Å². The van der Waals surface area contributed by atoms with Gasteiger partial charge >= 0.3 is 5.63 Å². The number of nitrogens with zero attached hydrogens (tertiary/aromatic N) is 1. The first-order valence-electron chi connectivity index (χ1n) is 10.5. The van der Waals surface area contributed by atoms with Crippen LogP contribution in [0.1, 0.15) is 36.7 Å². The van der Waals surface area contributed by atoms with Crippen LogP contribution in [0.25, 0.3) is 11.0 Å². The van der Waals surface area contributed by atoms with Crippen LogP contribution in [-0.2, 0) is 19.5 Å². The molecule has 0 spiro atoms. The smallest absolute Gasteiger partial charge is 0.349 e. The predicted molar refractivity (Wildman–Crippen MR) is 128 cm³/mol. The summed E-state index contributed by atoms with van der Waals surface area (Å²) in [4.78, 5) is 40.9. The Morgan fingerprint density at radius 2 is 1.85 bits per heavy atom. The number of anilines is 1. The Bertz CT molecular complexity index is 1420. The summed E-state index contributed by atoms with van der Waals surface area (Å²) in [6.07, 6.45) is 0.658. The van der Waals surface area contributed by atoms with E-state index in [-0.39, 0.29) is 5.56 Å². The van der Waals surface area contributed by atoms with E-state index in [1.807, 2.05) is 18.2 Å². The first-order chi connectivity index (χ1) is 16.0. The minimum atomic E-state index is -0.734. The molecule has 0 saturated carbocycles. The van der Waals surface area contributed by atoms with Gasteiger partial charge in [0.25, 0.3) is 11.8 Å². The van der Waals surface area contributed by atoms with Crippen molar-refractivity contribution in [2.75, 3.05) is 11.9 Å². The summed E-state index contributed by atoms with van der Waals surface area (Å²) >= 11 is 1.33. The molecular weight excluding hydrogens is 438 g/mol. The molecule has 0 radical (unpaired) electrons. The lowest BCUT2D eigenvalue weighted by Crippen LogP contribution is -2.30. The zero-order valence-electron chi connectivity index (χ0n) is 17.7. The van der Waals surface area contributed by atoms with E-state index < -0.39 is 17.4 Å². The van der Waals surface area contributed by atoms with Gasteiger partial charge in [-0.25, -0.2) is 4.79 Å². The molecular formula is C25H21N3O4S. The molecule has 0 fully saturated rings. The molecule has 0 aliphatic carbocycles. The minimum Gasteiger partial charge on any atom is -0.422 e. The summed E-state index contributed by atoms with van der Waals surface area (Å²) in [7, 11) is 0. The summed E-state index contributed by atoms with van der Waals surface area (Å²) in [5, 5.41) is 3.74. The SMILES string of the molecule is NC(=O)c1c(NC(=O)c2cc3ccccc3oc2=O)sc2c1CCN(Cc1ccccc1)C2. The summed E-state index contributed by atoms with van der Waals surface area (Å²) in [5.41, 5.74) is 7.64. The second-order valence-corrected chi connectivity index (χ2v) is 9.06. The topological polar surface area (TPSA) is 106 Å². The fourth-order valence-corrected chi connectivity index (χ4v) is 5.46. The Balaban J connectivity index is 1.42. The molecule has 0 unspecified atom stereocenters. The highest BCUT2D eigenvalue weighted by atomic mass is 32.1. The highest BCUT2D eigenvalue weighted by molar-refractivity contribution is 7.17. The first-order valence-corrected chi connectivity index (χ1v) is 11.4. The van der Waals surface area contributed by atoms with Crippen LogP contribution in [-0.4, -0.2) is 23.3 Å². The quantitative estimate of drug-likeness (QED) is 0.442. The molecule has 3 heterocycles. The van der Waals surface area contributed by atoms with Crippen LogP contribution in [0.5, 0.6) is 0 Å². The molecule has 33 heavy (non-hydrogen) atoms. The number of amides is 2. The summed E-state index contributed by atoms with van der Waals surface area (Å²) in [6.45, 7) is 2.23. The highest BCUT2D eigenvalue weighted by Gasteiger charge is 2.28. The molecule has 4 aromatic rings. The second kappa shape index (κ2) is 8.65. The molecule has 1 aliphatic heterocycles. The van der Waals surface area contributed by atoms with E-state index in [4.69, 9.17) is 10.2 Å². The van der Waals surface area contributed by atoms with E-state index in [9.17, 15) is 14.4 Å². The number of nitrogens with two attached hydrogens (primary N) is 1. The first kappa shape index (κ1) is 21.1. The maximum Gasteiger partial charge on any atom is 0.349 e. The molecule has 5 rings (SSSR count). The van der Waals surface area contributed by atoms with Crippen molar-refractivity contribution in [3.63, 3.8) is 0 Å². The van der Waals surface area contributed by atoms with Crippen molar-refractivity contribution in [3.05, 3.63) is 98.2 Å². The maximum atomic E-state index is 12.9. The second-order valence-electron chi connectivity index (χ2n) is 7.96. The monoisotopic (exact) mass is 459 g/mol. The van der Waals surface area contributed by atoms with Gasteiger partial charge in [0, 0.05) is 29.9 Å². The fraction of sp³-hybridized carbons (Fsp3) is 0.160. The summed E-state index contributed by atoms with van der Waals surface area (Å²) < 4.78 is 5.27. The Kier molecular flexibility index (Phi) is 5.53. The molecule has 7 nitrogen and oxygen atoms in total. The third-order valence-electron chi connectivity index (χ3n) is 5.74. The van der Waals surface area contributed by atoms with E-state index in [0.29, 0.717) is 34.5 Å². The van der Waals surface area contributed by atoms with E-state index >= 15 is 0 Å². The van der Waals surface area contributed by atoms with Crippen LogP contribution in [0.2, 0.25) is 0 Å². The molecule has 166 valence electrons. The number of thiophene rings is 1. The van der Waals surface area contributed by atoms with Crippen molar-refractivity contribution in [2.24, 2.45) is 5.73 Å². The van der Waals surface area contributed by atoms with Gasteiger partial charge in [0.05, 0.1) is 5.56 Å². The number of para-hydroxylation sites is 1. The van der Waals surface area contributed by atoms with Crippen molar-refractivity contribution in [2.45, 2.75) is 19.5 Å². The zero-order chi connectivity index (χ0) is 22.9. The van der Waals surface area contributed by atoms with Crippen molar-refractivity contribution in [3.8, 4) is 0 Å². The molecule has 0 saturated heterocycles. The number of fused-ring (bicyclic) bond motifs is 2. The average molecular weight is 460 g/mol. The van der Waals surface area contributed by atoms with Crippen LogP contribution in [0.15, 0.2) is 69.9 Å². The van der Waals surface area contributed by atoms with Gasteiger partial charge in [0.1, 0.15) is 16.1 Å². The van der Waals surface area contributed by atoms with Crippen LogP contribution in [0.3, 0.4) is 0 Å². The maximum absolute atomic E-state index is 12.9. The van der Waals surface area contributed by atoms with Gasteiger partial charge in [-0.1, -0.05) is 48.5 Å². The summed E-state index contributed by atoms with van der Waals surface area (Å²) in [5.74, 6) is -1.22. The minimum absolute atomic E-state index is 0.124. The standard InChI is InChI=1S/C25H21N3O4S/c26-22(29)21-17-10-11-28(13-15-6-2-1-3-7-15)14-20(17)33-24(21)27-23(30)18-12-16-8-4-5-9-19(16)32-25(18)31/h1-9,12H,10-11,13-14H2,(H2,26,29)(H,27,30). The van der Waals surface area contributed by atoms with Gasteiger partial charge in [0.2, 0.25) is 0 Å². The Labute approximate surface area is 193 Å². The van der Waals surface area contributed by atoms with Crippen molar-refractivity contribution >= 4 is 39.1 Å². The van der Waals surface area contributed by atoms with Crippen LogP contribution < -0.4 is 16.7 Å². The number of primary amides is 1. The van der Waals surface area contributed by atoms with Gasteiger partial charge in [-0.2, -0.15) is 0 Å². The number of nitrogens with one attached hydrogen (secondary N) is 1. The lowest BCUT2D eigenvalue weighted by atomic mass is 10.0. The normalized spacial score (nSPS) is 13.6. The third kappa shape index (κ3) is 4.18. The predicted octanol–water partition coefficient (Wildman–Crippen LogP) is 3.76. The molecule has 2 amide bonds. The Hall–Kier alpha value is -3.75. The molecule has 2 aromatic carbocycles. The van der Waals surface area contributed by atoms with Gasteiger partial charge in [-0.3, -0.25) is 14.5 Å². The molecule has 0 bridgehead atoms. The van der Waals surface area contributed by atoms with E-state index in [2.05, 4.69) is 22.3 Å². The molecule has 0 atom stereocenters. The van der Waals surface area contributed by atoms with E-state index in [1.165, 1.54) is 23.0 Å². The fourth-order valence-electron chi connectivity index (χ4n) is 4.17. The van der Waals surface area contributed by atoms with E-state index in [0.717, 1.165) is 23.5 Å². The van der Waals surface area contributed by atoms with Crippen molar-refractivity contribution in [1.82, 2.24) is 4.90 Å². The molecule has 1 aliphatic rings. The highest BCUT2D eigenvalue weighted by Crippen LogP contribution is 2.37. The van der Waals surface area contributed by atoms with E-state index in [1.54, 1.807) is 24.3 Å². The zero-order valence-corrected chi connectivity index (χ0v) is 18.5. The Morgan fingerprint density at radius 1 is 1.09 bits per heavy atom. The average Bonchev–Trinajstić information content (AvgIpc) is 3.16. The largest absolute Gasteiger partial charge is 0.422 e. The van der Waals surface area contributed by atoms with Crippen LogP contribution >= 0.6 is 11.3 Å². The Morgan fingerprint density at radius 3 is 2.64 bits per heavy atom. The van der Waals surface area contributed by atoms with Crippen LogP contribution in [0, 0.1) is 0 Å². The lowest BCUT2D eigenvalue weighted by molar-refractivity contribution is 0.0999. The van der Waals surface area contributed by atoms with Crippen molar-refractivity contribution < 1.29 is 14.0 Å². The lowest BCUT2D eigenvalue weighted by Gasteiger charge is -2.27. The number of rotatable bonds is 5.